The highest BCUT2D eigenvalue weighted by Gasteiger charge is 2.25. The van der Waals surface area contributed by atoms with Crippen LogP contribution >= 0.6 is 34.8 Å². The van der Waals surface area contributed by atoms with Gasteiger partial charge in [0, 0.05) is 11.3 Å². The van der Waals surface area contributed by atoms with Crippen LogP contribution in [0.15, 0.2) is 36.4 Å². The molecule has 0 N–H and O–H groups in total. The Morgan fingerprint density at radius 3 is 2.11 bits per heavy atom. The van der Waals surface area contributed by atoms with E-state index in [-0.39, 0.29) is 5.41 Å². The topological polar surface area (TPSA) is 18.5 Å². The summed E-state index contributed by atoms with van der Waals surface area (Å²) in [6.45, 7) is 9.80. The van der Waals surface area contributed by atoms with Gasteiger partial charge in [-0.3, -0.25) is 0 Å². The Morgan fingerprint density at radius 1 is 0.964 bits per heavy atom. The summed E-state index contributed by atoms with van der Waals surface area (Å²) >= 11 is 18.7. The molecule has 28 heavy (non-hydrogen) atoms. The van der Waals surface area contributed by atoms with Gasteiger partial charge in [-0.15, -0.1) is 11.6 Å². The van der Waals surface area contributed by atoms with Crippen LogP contribution in [0, 0.1) is 5.92 Å². The molecule has 0 amide bonds. The van der Waals surface area contributed by atoms with Crippen molar-refractivity contribution >= 4 is 34.8 Å². The van der Waals surface area contributed by atoms with Gasteiger partial charge in [-0.25, -0.2) is 0 Å². The molecule has 0 aromatic heterocycles. The lowest BCUT2D eigenvalue weighted by atomic mass is 9.78. The molecular formula is C23H29Cl3O2. The molecule has 0 saturated carbocycles. The third-order valence-electron chi connectivity index (χ3n) is 5.05. The molecule has 0 spiro atoms. The molecule has 2 aromatic carbocycles. The quantitative estimate of drug-likeness (QED) is 0.276. The number of rotatable bonds is 10. The van der Waals surface area contributed by atoms with E-state index >= 15 is 0 Å². The first kappa shape index (κ1) is 23.2. The molecule has 0 aliphatic heterocycles. The van der Waals surface area contributed by atoms with E-state index in [0.717, 1.165) is 29.7 Å². The maximum atomic E-state index is 6.51. The minimum atomic E-state index is -0.267. The van der Waals surface area contributed by atoms with Crippen LogP contribution < -0.4 is 9.47 Å². The van der Waals surface area contributed by atoms with Crippen LogP contribution in [-0.4, -0.2) is 19.1 Å². The fourth-order valence-electron chi connectivity index (χ4n) is 2.78. The van der Waals surface area contributed by atoms with Gasteiger partial charge in [-0.2, -0.15) is 0 Å². The molecule has 0 saturated heterocycles. The molecule has 2 nitrogen and oxygen atoms in total. The van der Waals surface area contributed by atoms with Crippen LogP contribution in [0.5, 0.6) is 11.5 Å². The molecule has 154 valence electrons. The van der Waals surface area contributed by atoms with E-state index in [1.807, 2.05) is 24.3 Å². The van der Waals surface area contributed by atoms with Crippen molar-refractivity contribution < 1.29 is 9.47 Å². The predicted octanol–water partition coefficient (Wildman–Crippen LogP) is 7.75. The van der Waals surface area contributed by atoms with E-state index < -0.39 is 0 Å². The largest absolute Gasteiger partial charge is 0.494 e. The summed E-state index contributed by atoms with van der Waals surface area (Å²) in [7, 11) is 0. The molecule has 0 bridgehead atoms. The lowest BCUT2D eigenvalue weighted by Crippen LogP contribution is -2.19. The smallest absolute Gasteiger partial charge is 0.156 e. The monoisotopic (exact) mass is 442 g/mol. The van der Waals surface area contributed by atoms with Crippen LogP contribution in [0.3, 0.4) is 0 Å². The van der Waals surface area contributed by atoms with Crippen LogP contribution in [0.1, 0.15) is 51.7 Å². The van der Waals surface area contributed by atoms with Gasteiger partial charge in [0.25, 0.3) is 0 Å². The van der Waals surface area contributed by atoms with Gasteiger partial charge in [-0.1, -0.05) is 69.5 Å². The first-order valence-corrected chi connectivity index (χ1v) is 11.0. The summed E-state index contributed by atoms with van der Waals surface area (Å²) < 4.78 is 11.6. The summed E-state index contributed by atoms with van der Waals surface area (Å²) in [6.07, 6.45) is 1.88. The Bertz CT molecular complexity index is 734. The van der Waals surface area contributed by atoms with Crippen molar-refractivity contribution in [3.8, 4) is 11.5 Å². The van der Waals surface area contributed by atoms with Gasteiger partial charge < -0.3 is 9.47 Å². The van der Waals surface area contributed by atoms with Crippen molar-refractivity contribution in [3.05, 3.63) is 57.6 Å². The fraction of sp³-hybridized carbons (Fsp3) is 0.478. The zero-order valence-corrected chi connectivity index (χ0v) is 19.3. The first-order chi connectivity index (χ1) is 13.3. The molecule has 0 fully saturated rings. The summed E-state index contributed by atoms with van der Waals surface area (Å²) in [5.41, 5.74) is 1.92. The van der Waals surface area contributed by atoms with E-state index in [9.17, 15) is 0 Å². The van der Waals surface area contributed by atoms with Gasteiger partial charge in [-0.05, 0) is 47.7 Å². The third kappa shape index (κ3) is 5.95. The Morgan fingerprint density at radius 2 is 1.57 bits per heavy atom. The normalized spacial score (nSPS) is 12.7. The van der Waals surface area contributed by atoms with Crippen molar-refractivity contribution in [1.29, 1.82) is 0 Å². The lowest BCUT2D eigenvalue weighted by Gasteiger charge is -2.27. The Hall–Kier alpha value is -1.09. The zero-order valence-electron chi connectivity index (χ0n) is 17.0. The number of ether oxygens (including phenoxy) is 2. The van der Waals surface area contributed by atoms with Crippen molar-refractivity contribution in [1.82, 2.24) is 0 Å². The highest BCUT2D eigenvalue weighted by atomic mass is 35.5. The Labute approximate surface area is 184 Å². The van der Waals surface area contributed by atoms with E-state index in [1.165, 1.54) is 0 Å². The minimum absolute atomic E-state index is 0.267. The molecule has 0 unspecified atom stereocenters. The van der Waals surface area contributed by atoms with Gasteiger partial charge >= 0.3 is 0 Å². The second-order valence-electron chi connectivity index (χ2n) is 7.63. The van der Waals surface area contributed by atoms with E-state index in [1.54, 1.807) is 0 Å². The second kappa shape index (κ2) is 10.6. The number of benzene rings is 2. The Balaban J connectivity index is 2.20. The van der Waals surface area contributed by atoms with Gasteiger partial charge in [0.1, 0.15) is 5.75 Å². The van der Waals surface area contributed by atoms with Gasteiger partial charge in [0.2, 0.25) is 0 Å². The summed E-state index contributed by atoms with van der Waals surface area (Å²) in [6, 6.07) is 12.0. The summed E-state index contributed by atoms with van der Waals surface area (Å²) in [5.74, 6) is 2.46. The molecular weight excluding hydrogens is 415 g/mol. The second-order valence-corrected chi connectivity index (χ2v) is 8.83. The highest BCUT2D eigenvalue weighted by molar-refractivity contribution is 6.37. The number of hydrogen-bond acceptors (Lipinski definition) is 2. The number of halogens is 3. The molecule has 0 radical (unpaired) electrons. The van der Waals surface area contributed by atoms with Crippen LogP contribution in [0.4, 0.5) is 0 Å². The SMILES string of the molecule is CC[C@H](C)COc1c(Cl)cc(C(C)(C)c2ccc(OCCCCl)cc2)cc1Cl. The van der Waals surface area contributed by atoms with Crippen LogP contribution in [0.25, 0.3) is 0 Å². The van der Waals surface area contributed by atoms with Crippen LogP contribution in [0.2, 0.25) is 10.0 Å². The van der Waals surface area contributed by atoms with Crippen LogP contribution in [-0.2, 0) is 5.41 Å². The van der Waals surface area contributed by atoms with Crippen molar-refractivity contribution in [2.24, 2.45) is 5.92 Å². The number of hydrogen-bond donors (Lipinski definition) is 0. The molecule has 0 aliphatic carbocycles. The number of alkyl halides is 1. The average molecular weight is 444 g/mol. The fourth-order valence-corrected chi connectivity index (χ4v) is 3.49. The molecule has 2 rings (SSSR count). The van der Waals surface area contributed by atoms with Crippen molar-refractivity contribution in [2.75, 3.05) is 19.1 Å². The zero-order chi connectivity index (χ0) is 20.7. The molecule has 0 aliphatic rings. The van der Waals surface area contributed by atoms with E-state index in [0.29, 0.717) is 40.8 Å². The standard InChI is InChI=1S/C23H29Cl3O2/c1-5-16(2)15-28-22-20(25)13-18(14-21(22)26)23(3,4)17-7-9-19(10-8-17)27-12-6-11-24/h7-10,13-14,16H,5-6,11-12,15H2,1-4H3/t16-/m0/s1. The lowest BCUT2D eigenvalue weighted by molar-refractivity contribution is 0.257. The molecule has 5 heteroatoms. The molecule has 2 aromatic rings. The predicted molar refractivity (Wildman–Crippen MR) is 121 cm³/mol. The third-order valence-corrected chi connectivity index (χ3v) is 5.88. The highest BCUT2D eigenvalue weighted by Crippen LogP contribution is 2.40. The van der Waals surface area contributed by atoms with E-state index in [2.05, 4.69) is 39.8 Å². The van der Waals surface area contributed by atoms with Crippen molar-refractivity contribution in [3.63, 3.8) is 0 Å². The summed E-state index contributed by atoms with van der Waals surface area (Å²) in [4.78, 5) is 0. The molecule has 0 heterocycles. The van der Waals surface area contributed by atoms with Gasteiger partial charge in [0.15, 0.2) is 5.75 Å². The van der Waals surface area contributed by atoms with Crippen molar-refractivity contribution in [2.45, 2.75) is 46.0 Å². The van der Waals surface area contributed by atoms with E-state index in [4.69, 9.17) is 44.3 Å². The maximum absolute atomic E-state index is 6.51. The van der Waals surface area contributed by atoms with Gasteiger partial charge in [0.05, 0.1) is 23.3 Å². The summed E-state index contributed by atoms with van der Waals surface area (Å²) in [5, 5.41) is 1.08. The average Bonchev–Trinajstić information content (AvgIpc) is 2.67. The Kier molecular flexibility index (Phi) is 8.80. The first-order valence-electron chi connectivity index (χ1n) is 9.71. The maximum Gasteiger partial charge on any atom is 0.156 e. The minimum Gasteiger partial charge on any atom is -0.494 e. The molecule has 1 atom stereocenters.